The van der Waals surface area contributed by atoms with Crippen molar-refractivity contribution in [3.05, 3.63) is 19.2 Å². The summed E-state index contributed by atoms with van der Waals surface area (Å²) < 4.78 is 6.94. The third kappa shape index (κ3) is 3.08. The fraction of sp³-hybridized carbons (Fsp3) is 0.500. The molecule has 2 heterocycles. The molecule has 1 aromatic rings. The Morgan fingerprint density at radius 3 is 2.80 bits per heavy atom. The number of hydrogen-bond acceptors (Lipinski definition) is 4. The predicted molar refractivity (Wildman–Crippen MR) is 81.8 cm³/mol. The van der Waals surface area contributed by atoms with Crippen LogP contribution in [0.2, 0.25) is 0 Å². The molecule has 2 atom stereocenters. The van der Waals surface area contributed by atoms with Crippen LogP contribution in [0.1, 0.15) is 24.3 Å². The van der Waals surface area contributed by atoms with Crippen molar-refractivity contribution in [2.75, 3.05) is 13.2 Å². The van der Waals surface area contributed by atoms with Gasteiger partial charge in [0.05, 0.1) is 3.79 Å². The van der Waals surface area contributed by atoms with E-state index in [1.165, 1.54) is 11.3 Å². The molecular formula is C12H13Br2NO4S. The minimum Gasteiger partial charge on any atom is -0.479 e. The Hall–Kier alpha value is -0.440. The van der Waals surface area contributed by atoms with Crippen LogP contribution in [-0.2, 0) is 14.3 Å². The number of hydrogen-bond donors (Lipinski definition) is 1. The van der Waals surface area contributed by atoms with E-state index in [1.807, 2.05) is 13.0 Å². The molecule has 0 radical (unpaired) electrons. The van der Waals surface area contributed by atoms with Crippen molar-refractivity contribution < 1.29 is 19.4 Å². The van der Waals surface area contributed by atoms with Crippen molar-refractivity contribution in [3.8, 4) is 0 Å². The normalized spacial score (nSPS) is 23.1. The SMILES string of the molecule is CCCN1C(=O)COC(C(=O)O)C1c1cc(Br)c(Br)s1. The van der Waals surface area contributed by atoms with Crippen LogP contribution in [0.15, 0.2) is 14.3 Å². The number of amides is 1. The number of carbonyl (C=O) groups excluding carboxylic acids is 1. The van der Waals surface area contributed by atoms with E-state index in [0.29, 0.717) is 6.54 Å². The Morgan fingerprint density at radius 1 is 1.60 bits per heavy atom. The maximum atomic E-state index is 12.0. The first-order chi connectivity index (χ1) is 9.45. The average Bonchev–Trinajstić information content (AvgIpc) is 2.71. The van der Waals surface area contributed by atoms with Crippen LogP contribution >= 0.6 is 43.2 Å². The summed E-state index contributed by atoms with van der Waals surface area (Å²) in [5.74, 6) is -1.22. The summed E-state index contributed by atoms with van der Waals surface area (Å²) >= 11 is 8.19. The highest BCUT2D eigenvalue weighted by Crippen LogP contribution is 2.40. The predicted octanol–water partition coefficient (Wildman–Crippen LogP) is 3.04. The van der Waals surface area contributed by atoms with Gasteiger partial charge in [0.1, 0.15) is 12.6 Å². The van der Waals surface area contributed by atoms with Crippen LogP contribution < -0.4 is 0 Å². The lowest BCUT2D eigenvalue weighted by Crippen LogP contribution is -2.51. The largest absolute Gasteiger partial charge is 0.479 e. The number of nitrogens with zero attached hydrogens (tertiary/aromatic N) is 1. The maximum absolute atomic E-state index is 12.0. The van der Waals surface area contributed by atoms with Crippen LogP contribution in [0.4, 0.5) is 0 Å². The summed E-state index contributed by atoms with van der Waals surface area (Å²) in [5, 5.41) is 9.34. The molecule has 0 spiro atoms. The first-order valence-electron chi connectivity index (χ1n) is 6.04. The molecule has 1 amide bonds. The van der Waals surface area contributed by atoms with Gasteiger partial charge in [0, 0.05) is 15.9 Å². The van der Waals surface area contributed by atoms with Crippen LogP contribution in [0.5, 0.6) is 0 Å². The van der Waals surface area contributed by atoms with E-state index in [4.69, 9.17) is 4.74 Å². The van der Waals surface area contributed by atoms with Crippen molar-refractivity contribution in [2.24, 2.45) is 0 Å². The standard InChI is InChI=1S/C12H13Br2NO4S/c1-2-3-15-8(16)5-19-10(12(17)18)9(15)7-4-6(13)11(14)20-7/h4,9-10H,2-3,5H2,1H3,(H,17,18). The third-order valence-corrected chi connectivity index (χ3v) is 6.32. The molecule has 1 fully saturated rings. The van der Waals surface area contributed by atoms with Gasteiger partial charge in [-0.1, -0.05) is 6.92 Å². The smallest absolute Gasteiger partial charge is 0.335 e. The van der Waals surface area contributed by atoms with Gasteiger partial charge in [-0.2, -0.15) is 0 Å². The lowest BCUT2D eigenvalue weighted by molar-refractivity contribution is -0.173. The fourth-order valence-electron chi connectivity index (χ4n) is 2.18. The second-order valence-electron chi connectivity index (χ2n) is 4.37. The lowest BCUT2D eigenvalue weighted by Gasteiger charge is -2.38. The number of carboxylic acids is 1. The molecule has 5 nitrogen and oxygen atoms in total. The van der Waals surface area contributed by atoms with Crippen LogP contribution in [0.25, 0.3) is 0 Å². The summed E-state index contributed by atoms with van der Waals surface area (Å²) in [4.78, 5) is 25.8. The molecule has 110 valence electrons. The molecule has 20 heavy (non-hydrogen) atoms. The Labute approximate surface area is 137 Å². The van der Waals surface area contributed by atoms with Crippen molar-refractivity contribution in [2.45, 2.75) is 25.5 Å². The Morgan fingerprint density at radius 2 is 2.30 bits per heavy atom. The molecule has 1 aromatic heterocycles. The minimum atomic E-state index is -1.05. The van der Waals surface area contributed by atoms with Gasteiger partial charge in [-0.25, -0.2) is 4.79 Å². The summed E-state index contributed by atoms with van der Waals surface area (Å²) in [6.07, 6.45) is -0.265. The summed E-state index contributed by atoms with van der Waals surface area (Å²) in [6, 6.07) is 1.25. The lowest BCUT2D eigenvalue weighted by atomic mass is 10.0. The fourth-order valence-corrected chi connectivity index (χ4v) is 4.40. The van der Waals surface area contributed by atoms with Crippen LogP contribution in [0.3, 0.4) is 0 Å². The molecule has 8 heteroatoms. The molecule has 0 bridgehead atoms. The van der Waals surface area contributed by atoms with Gasteiger partial charge in [-0.15, -0.1) is 11.3 Å². The highest BCUT2D eigenvalue weighted by atomic mass is 79.9. The van der Waals surface area contributed by atoms with Crippen LogP contribution in [-0.4, -0.2) is 41.1 Å². The van der Waals surface area contributed by atoms with Crippen molar-refractivity contribution in [3.63, 3.8) is 0 Å². The molecule has 1 aliphatic rings. The Balaban J connectivity index is 2.42. The molecular weight excluding hydrogens is 414 g/mol. The zero-order chi connectivity index (χ0) is 14.9. The summed E-state index contributed by atoms with van der Waals surface area (Å²) in [5.41, 5.74) is 0. The molecule has 1 saturated heterocycles. The van der Waals surface area contributed by atoms with Gasteiger partial charge < -0.3 is 14.7 Å². The first kappa shape index (κ1) is 15.9. The topological polar surface area (TPSA) is 66.8 Å². The molecule has 1 aliphatic heterocycles. The van der Waals surface area contributed by atoms with E-state index in [0.717, 1.165) is 19.6 Å². The number of morpholine rings is 1. The number of rotatable bonds is 4. The summed E-state index contributed by atoms with van der Waals surface area (Å²) in [7, 11) is 0. The maximum Gasteiger partial charge on any atom is 0.335 e. The zero-order valence-electron chi connectivity index (χ0n) is 10.6. The van der Waals surface area contributed by atoms with Gasteiger partial charge in [0.2, 0.25) is 5.91 Å². The van der Waals surface area contributed by atoms with Crippen molar-refractivity contribution in [1.29, 1.82) is 0 Å². The van der Waals surface area contributed by atoms with E-state index >= 15 is 0 Å². The van der Waals surface area contributed by atoms with Crippen LogP contribution in [0, 0.1) is 0 Å². The number of thiophene rings is 1. The molecule has 2 rings (SSSR count). The molecule has 0 aromatic carbocycles. The van der Waals surface area contributed by atoms with Crippen molar-refractivity contribution in [1.82, 2.24) is 4.90 Å². The number of ether oxygens (including phenoxy) is 1. The van der Waals surface area contributed by atoms with Gasteiger partial charge >= 0.3 is 5.97 Å². The quantitative estimate of drug-likeness (QED) is 0.803. The highest BCUT2D eigenvalue weighted by Gasteiger charge is 2.42. The first-order valence-corrected chi connectivity index (χ1v) is 8.44. The number of carbonyl (C=O) groups is 2. The number of aliphatic carboxylic acids is 1. The number of carboxylic acid groups (broad SMARTS) is 1. The monoisotopic (exact) mass is 425 g/mol. The van der Waals surface area contributed by atoms with E-state index in [2.05, 4.69) is 31.9 Å². The third-order valence-electron chi connectivity index (χ3n) is 2.99. The summed E-state index contributed by atoms with van der Waals surface area (Å²) in [6.45, 7) is 2.29. The van der Waals surface area contributed by atoms with Gasteiger partial charge in [-0.3, -0.25) is 4.79 Å². The van der Waals surface area contributed by atoms with E-state index in [9.17, 15) is 14.7 Å². The van der Waals surface area contributed by atoms with Gasteiger partial charge in [0.25, 0.3) is 0 Å². The highest BCUT2D eigenvalue weighted by molar-refractivity contribution is 9.13. The van der Waals surface area contributed by atoms with Gasteiger partial charge in [0.15, 0.2) is 6.10 Å². The van der Waals surface area contributed by atoms with Gasteiger partial charge in [-0.05, 0) is 44.3 Å². The Bertz CT molecular complexity index is 514. The second kappa shape index (κ2) is 6.55. The van der Waals surface area contributed by atoms with E-state index in [-0.39, 0.29) is 12.5 Å². The minimum absolute atomic E-state index is 0.171. The zero-order valence-corrected chi connectivity index (χ0v) is 14.6. The molecule has 0 aliphatic carbocycles. The molecule has 0 saturated carbocycles. The molecule has 1 N–H and O–H groups in total. The Kier molecular flexibility index (Phi) is 5.22. The average molecular weight is 427 g/mol. The van der Waals surface area contributed by atoms with E-state index in [1.54, 1.807) is 4.90 Å². The van der Waals surface area contributed by atoms with E-state index < -0.39 is 18.1 Å². The van der Waals surface area contributed by atoms with Crippen molar-refractivity contribution >= 4 is 55.1 Å². The number of halogens is 2. The second-order valence-corrected chi connectivity index (χ2v) is 7.63. The molecule has 2 unspecified atom stereocenters.